The first-order valence-electron chi connectivity index (χ1n) is 5.36. The fraction of sp³-hybridized carbons (Fsp3) is 0.167. The van der Waals surface area contributed by atoms with Crippen LogP contribution >= 0.6 is 11.6 Å². The van der Waals surface area contributed by atoms with E-state index in [1.807, 2.05) is 0 Å². The monoisotopic (exact) mass is 267 g/mol. The zero-order valence-corrected chi connectivity index (χ0v) is 10.2. The van der Waals surface area contributed by atoms with Crippen molar-refractivity contribution in [3.8, 4) is 11.4 Å². The molecule has 2 aromatic rings. The van der Waals surface area contributed by atoms with Crippen molar-refractivity contribution in [2.75, 3.05) is 6.54 Å². The van der Waals surface area contributed by atoms with E-state index in [0.29, 0.717) is 18.7 Å². The number of nitrogens with two attached hydrogens (primary N) is 1. The molecule has 0 bridgehead atoms. The average Bonchev–Trinajstić information content (AvgIpc) is 2.28. The SMILES string of the molecule is NCCc1cc(=O)[nH]c(-c2c(F)cccc2Cl)n1. The maximum atomic E-state index is 13.7. The van der Waals surface area contributed by atoms with Crippen molar-refractivity contribution >= 4 is 11.6 Å². The second kappa shape index (κ2) is 5.29. The van der Waals surface area contributed by atoms with E-state index in [2.05, 4.69) is 9.97 Å². The van der Waals surface area contributed by atoms with Crippen LogP contribution in [-0.2, 0) is 6.42 Å². The summed E-state index contributed by atoms with van der Waals surface area (Å²) in [4.78, 5) is 18.1. The fourth-order valence-electron chi connectivity index (χ4n) is 1.63. The van der Waals surface area contributed by atoms with Crippen LogP contribution in [0.3, 0.4) is 0 Å². The van der Waals surface area contributed by atoms with E-state index in [9.17, 15) is 9.18 Å². The van der Waals surface area contributed by atoms with E-state index in [4.69, 9.17) is 17.3 Å². The predicted octanol–water partition coefficient (Wildman–Crippen LogP) is 1.73. The van der Waals surface area contributed by atoms with Gasteiger partial charge in [-0.1, -0.05) is 17.7 Å². The van der Waals surface area contributed by atoms with Crippen molar-refractivity contribution in [1.29, 1.82) is 0 Å². The van der Waals surface area contributed by atoms with Gasteiger partial charge in [-0.25, -0.2) is 9.37 Å². The molecule has 0 radical (unpaired) electrons. The normalized spacial score (nSPS) is 10.6. The maximum Gasteiger partial charge on any atom is 0.251 e. The summed E-state index contributed by atoms with van der Waals surface area (Å²) in [6.45, 7) is 0.362. The van der Waals surface area contributed by atoms with E-state index in [-0.39, 0.29) is 22.0 Å². The summed E-state index contributed by atoms with van der Waals surface area (Å²) >= 11 is 5.92. The van der Waals surface area contributed by atoms with Crippen molar-refractivity contribution in [3.63, 3.8) is 0 Å². The highest BCUT2D eigenvalue weighted by Crippen LogP contribution is 2.27. The molecule has 0 saturated carbocycles. The number of aromatic nitrogens is 2. The third kappa shape index (κ3) is 2.57. The third-order valence-corrected chi connectivity index (χ3v) is 2.71. The Morgan fingerprint density at radius 2 is 2.22 bits per heavy atom. The minimum atomic E-state index is -0.532. The number of nitrogens with zero attached hydrogens (tertiary/aromatic N) is 1. The van der Waals surface area contributed by atoms with Crippen LogP contribution < -0.4 is 11.3 Å². The van der Waals surface area contributed by atoms with E-state index in [1.54, 1.807) is 0 Å². The van der Waals surface area contributed by atoms with Gasteiger partial charge in [0.05, 0.1) is 10.6 Å². The van der Waals surface area contributed by atoms with Gasteiger partial charge in [-0.2, -0.15) is 0 Å². The highest BCUT2D eigenvalue weighted by molar-refractivity contribution is 6.33. The number of benzene rings is 1. The van der Waals surface area contributed by atoms with Gasteiger partial charge >= 0.3 is 0 Å². The molecule has 94 valence electrons. The summed E-state index contributed by atoms with van der Waals surface area (Å²) in [6.07, 6.45) is 0.447. The van der Waals surface area contributed by atoms with Gasteiger partial charge in [0, 0.05) is 18.2 Å². The lowest BCUT2D eigenvalue weighted by Crippen LogP contribution is -2.13. The first-order chi connectivity index (χ1) is 8.61. The lowest BCUT2D eigenvalue weighted by atomic mass is 10.2. The first-order valence-corrected chi connectivity index (χ1v) is 5.74. The van der Waals surface area contributed by atoms with Gasteiger partial charge in [-0.15, -0.1) is 0 Å². The molecular formula is C12H11ClFN3O. The smallest absolute Gasteiger partial charge is 0.251 e. The van der Waals surface area contributed by atoms with Crippen LogP contribution in [0.4, 0.5) is 4.39 Å². The van der Waals surface area contributed by atoms with Crippen molar-refractivity contribution in [3.05, 3.63) is 51.2 Å². The van der Waals surface area contributed by atoms with Crippen molar-refractivity contribution in [2.45, 2.75) is 6.42 Å². The van der Waals surface area contributed by atoms with Crippen LogP contribution in [-0.4, -0.2) is 16.5 Å². The van der Waals surface area contributed by atoms with Crippen LogP contribution in [0.15, 0.2) is 29.1 Å². The summed E-state index contributed by atoms with van der Waals surface area (Å²) in [5.74, 6) is -0.412. The summed E-state index contributed by atoms with van der Waals surface area (Å²) in [5, 5.41) is 0.197. The molecule has 2 rings (SSSR count). The molecule has 1 heterocycles. The molecule has 18 heavy (non-hydrogen) atoms. The van der Waals surface area contributed by atoms with E-state index >= 15 is 0 Å². The average molecular weight is 268 g/mol. The van der Waals surface area contributed by atoms with Gasteiger partial charge in [-0.3, -0.25) is 4.79 Å². The molecule has 3 N–H and O–H groups in total. The van der Waals surface area contributed by atoms with E-state index in [1.165, 1.54) is 24.3 Å². The Kier molecular flexibility index (Phi) is 3.74. The molecule has 0 atom stereocenters. The molecule has 0 aliphatic rings. The molecule has 0 aliphatic heterocycles. The van der Waals surface area contributed by atoms with Crippen molar-refractivity contribution in [1.82, 2.24) is 9.97 Å². The standard InChI is InChI=1S/C12H11ClFN3O/c13-8-2-1-3-9(14)11(8)12-16-7(4-5-15)6-10(18)17-12/h1-3,6H,4-5,15H2,(H,16,17,18). The van der Waals surface area contributed by atoms with E-state index < -0.39 is 5.82 Å². The number of hydrogen-bond acceptors (Lipinski definition) is 3. The van der Waals surface area contributed by atoms with Crippen LogP contribution in [0.5, 0.6) is 0 Å². The molecule has 6 heteroatoms. The predicted molar refractivity (Wildman–Crippen MR) is 68.0 cm³/mol. The summed E-state index contributed by atoms with van der Waals surface area (Å²) in [5.41, 5.74) is 5.65. The number of aromatic amines is 1. The van der Waals surface area contributed by atoms with Crippen LogP contribution in [0, 0.1) is 5.82 Å². The minimum absolute atomic E-state index is 0.0927. The molecule has 1 aromatic carbocycles. The Morgan fingerprint density at radius 1 is 1.44 bits per heavy atom. The van der Waals surface area contributed by atoms with Crippen molar-refractivity contribution in [2.24, 2.45) is 5.73 Å². The Morgan fingerprint density at radius 3 is 2.89 bits per heavy atom. The lowest BCUT2D eigenvalue weighted by Gasteiger charge is -2.06. The summed E-state index contributed by atoms with van der Waals surface area (Å²) in [6, 6.07) is 5.63. The fourth-order valence-corrected chi connectivity index (χ4v) is 1.88. The van der Waals surface area contributed by atoms with Gasteiger partial charge in [0.15, 0.2) is 0 Å². The largest absolute Gasteiger partial charge is 0.330 e. The van der Waals surface area contributed by atoms with Crippen LogP contribution in [0.25, 0.3) is 11.4 Å². The quantitative estimate of drug-likeness (QED) is 0.890. The van der Waals surface area contributed by atoms with Gasteiger partial charge in [-0.05, 0) is 18.7 Å². The molecular weight excluding hydrogens is 257 g/mol. The van der Waals surface area contributed by atoms with Gasteiger partial charge in [0.2, 0.25) is 0 Å². The zero-order chi connectivity index (χ0) is 13.1. The summed E-state index contributed by atoms with van der Waals surface area (Å²) in [7, 11) is 0. The maximum absolute atomic E-state index is 13.7. The Bertz CT molecular complexity index is 607. The second-order valence-corrected chi connectivity index (χ2v) is 4.13. The second-order valence-electron chi connectivity index (χ2n) is 3.72. The minimum Gasteiger partial charge on any atom is -0.330 e. The Balaban J connectivity index is 2.60. The number of nitrogens with one attached hydrogen (secondary N) is 1. The van der Waals surface area contributed by atoms with E-state index in [0.717, 1.165) is 0 Å². The highest BCUT2D eigenvalue weighted by atomic mass is 35.5. The molecule has 0 saturated heterocycles. The topological polar surface area (TPSA) is 71.8 Å². The summed E-state index contributed by atoms with van der Waals surface area (Å²) < 4.78 is 13.7. The highest BCUT2D eigenvalue weighted by Gasteiger charge is 2.12. The van der Waals surface area contributed by atoms with Crippen LogP contribution in [0.2, 0.25) is 5.02 Å². The lowest BCUT2D eigenvalue weighted by molar-refractivity contribution is 0.629. The molecule has 4 nitrogen and oxygen atoms in total. The van der Waals surface area contributed by atoms with Gasteiger partial charge < -0.3 is 10.7 Å². The first kappa shape index (κ1) is 12.7. The molecule has 0 amide bonds. The van der Waals surface area contributed by atoms with Gasteiger partial charge in [0.25, 0.3) is 5.56 Å². The number of hydrogen-bond donors (Lipinski definition) is 2. The number of halogens is 2. The molecule has 0 spiro atoms. The number of H-pyrrole nitrogens is 1. The molecule has 1 aromatic heterocycles. The number of rotatable bonds is 3. The van der Waals surface area contributed by atoms with Gasteiger partial charge in [0.1, 0.15) is 11.6 Å². The molecule has 0 aliphatic carbocycles. The van der Waals surface area contributed by atoms with Crippen LogP contribution in [0.1, 0.15) is 5.69 Å². The Labute approximate surface area is 108 Å². The van der Waals surface area contributed by atoms with Crippen molar-refractivity contribution < 1.29 is 4.39 Å². The molecule has 0 unspecified atom stereocenters. The third-order valence-electron chi connectivity index (χ3n) is 2.39. The Hall–Kier alpha value is -1.72. The zero-order valence-electron chi connectivity index (χ0n) is 9.41. The molecule has 0 fully saturated rings.